The van der Waals surface area contributed by atoms with Crippen LogP contribution in [0.15, 0.2) is 30.3 Å². The molecule has 1 fully saturated rings. The topological polar surface area (TPSA) is 69.4 Å². The molecule has 1 aromatic heterocycles. The van der Waals surface area contributed by atoms with E-state index < -0.39 is 0 Å². The molecule has 23 heavy (non-hydrogen) atoms. The number of nitrogen functional groups attached to an aromatic ring is 1. The average molecular weight is 313 g/mol. The smallest absolute Gasteiger partial charge is 0.128 e. The van der Waals surface area contributed by atoms with Gasteiger partial charge in [0.15, 0.2) is 0 Å². The summed E-state index contributed by atoms with van der Waals surface area (Å²) in [6, 6.07) is 9.55. The second-order valence-electron chi connectivity index (χ2n) is 5.89. The summed E-state index contributed by atoms with van der Waals surface area (Å²) in [6.45, 7) is 1.82. The lowest BCUT2D eigenvalue weighted by Gasteiger charge is -2.15. The molecule has 1 heterocycles. The summed E-state index contributed by atoms with van der Waals surface area (Å²) in [4.78, 5) is 4.38. The molecule has 0 amide bonds. The molecule has 1 saturated carbocycles. The second kappa shape index (κ2) is 6.87. The van der Waals surface area contributed by atoms with Crippen LogP contribution in [-0.2, 0) is 6.54 Å². The van der Waals surface area contributed by atoms with Crippen LogP contribution < -0.4 is 20.5 Å². The van der Waals surface area contributed by atoms with Gasteiger partial charge in [-0.1, -0.05) is 6.07 Å². The first-order chi connectivity index (χ1) is 11.2. The normalized spacial score (nSPS) is 13.8. The van der Waals surface area contributed by atoms with E-state index in [4.69, 9.17) is 15.2 Å². The van der Waals surface area contributed by atoms with E-state index in [-0.39, 0.29) is 0 Å². The molecule has 0 atom stereocenters. The van der Waals surface area contributed by atoms with E-state index in [2.05, 4.69) is 10.3 Å². The summed E-state index contributed by atoms with van der Waals surface area (Å²) in [5.41, 5.74) is 8.53. The van der Waals surface area contributed by atoms with Gasteiger partial charge in [-0.2, -0.15) is 0 Å². The molecule has 2 aromatic rings. The summed E-state index contributed by atoms with van der Waals surface area (Å²) in [7, 11) is 3.35. The van der Waals surface area contributed by atoms with Crippen LogP contribution in [0.5, 0.6) is 11.5 Å². The Bertz CT molecular complexity index is 684. The third kappa shape index (κ3) is 3.74. The third-order valence-corrected chi connectivity index (χ3v) is 4.09. The number of benzene rings is 1. The molecule has 5 nitrogen and oxygen atoms in total. The van der Waals surface area contributed by atoms with Gasteiger partial charge in [0, 0.05) is 17.7 Å². The van der Waals surface area contributed by atoms with Crippen LogP contribution in [0.2, 0.25) is 0 Å². The number of nitrogens with one attached hydrogen (secondary N) is 1. The third-order valence-electron chi connectivity index (χ3n) is 4.09. The second-order valence-corrected chi connectivity index (χ2v) is 5.89. The fourth-order valence-corrected chi connectivity index (χ4v) is 2.63. The summed E-state index contributed by atoms with van der Waals surface area (Å²) in [5, 5.41) is 3.49. The maximum atomic E-state index is 5.79. The fraction of sp³-hybridized carbons (Fsp3) is 0.389. The van der Waals surface area contributed by atoms with Crippen LogP contribution >= 0.6 is 0 Å². The molecule has 0 unspecified atom stereocenters. The first kappa shape index (κ1) is 15.6. The van der Waals surface area contributed by atoms with Crippen molar-refractivity contribution in [1.82, 2.24) is 10.3 Å². The predicted octanol–water partition coefficient (Wildman–Crippen LogP) is 2.85. The van der Waals surface area contributed by atoms with Crippen molar-refractivity contribution >= 4 is 5.82 Å². The fourth-order valence-electron chi connectivity index (χ4n) is 2.63. The Labute approximate surface area is 136 Å². The van der Waals surface area contributed by atoms with Crippen LogP contribution in [0.3, 0.4) is 0 Å². The van der Waals surface area contributed by atoms with E-state index in [0.29, 0.717) is 5.82 Å². The molecule has 122 valence electrons. The number of pyridine rings is 1. The summed E-state index contributed by atoms with van der Waals surface area (Å²) >= 11 is 0. The van der Waals surface area contributed by atoms with Crippen LogP contribution in [0.4, 0.5) is 5.82 Å². The van der Waals surface area contributed by atoms with E-state index in [1.807, 2.05) is 24.3 Å². The minimum atomic E-state index is 0.485. The van der Waals surface area contributed by atoms with Gasteiger partial charge in [0.05, 0.1) is 19.9 Å². The van der Waals surface area contributed by atoms with Gasteiger partial charge in [-0.3, -0.25) is 0 Å². The Hall–Kier alpha value is -2.27. The van der Waals surface area contributed by atoms with E-state index >= 15 is 0 Å². The van der Waals surface area contributed by atoms with Crippen LogP contribution in [0.25, 0.3) is 11.3 Å². The Morgan fingerprint density at radius 2 is 1.96 bits per heavy atom. The van der Waals surface area contributed by atoms with E-state index in [0.717, 1.165) is 47.3 Å². The molecular formula is C18H23N3O2. The quantitative estimate of drug-likeness (QED) is 0.822. The largest absolute Gasteiger partial charge is 0.496 e. The summed E-state index contributed by atoms with van der Waals surface area (Å²) < 4.78 is 11.1. The van der Waals surface area contributed by atoms with Crippen molar-refractivity contribution in [2.75, 3.05) is 26.5 Å². The van der Waals surface area contributed by atoms with Gasteiger partial charge in [-0.05, 0) is 49.6 Å². The Morgan fingerprint density at radius 1 is 1.17 bits per heavy atom. The SMILES string of the molecule is COc1cc(-c2cccc(N)n2)c(OC)cc1CNCC1CC1. The predicted molar refractivity (Wildman–Crippen MR) is 91.6 cm³/mol. The van der Waals surface area contributed by atoms with Gasteiger partial charge in [0.25, 0.3) is 0 Å². The zero-order chi connectivity index (χ0) is 16.2. The molecule has 0 radical (unpaired) electrons. The lowest BCUT2D eigenvalue weighted by molar-refractivity contribution is 0.398. The monoisotopic (exact) mass is 313 g/mol. The molecule has 0 bridgehead atoms. The van der Waals surface area contributed by atoms with Crippen molar-refractivity contribution in [3.63, 3.8) is 0 Å². The van der Waals surface area contributed by atoms with Gasteiger partial charge >= 0.3 is 0 Å². The highest BCUT2D eigenvalue weighted by Gasteiger charge is 2.21. The van der Waals surface area contributed by atoms with Gasteiger partial charge in [0.2, 0.25) is 0 Å². The number of ether oxygens (including phenoxy) is 2. The minimum Gasteiger partial charge on any atom is -0.496 e. The maximum Gasteiger partial charge on any atom is 0.128 e. The highest BCUT2D eigenvalue weighted by Crippen LogP contribution is 2.36. The van der Waals surface area contributed by atoms with Crippen LogP contribution in [0.1, 0.15) is 18.4 Å². The molecule has 3 rings (SSSR count). The van der Waals surface area contributed by atoms with Crippen LogP contribution in [-0.4, -0.2) is 25.7 Å². The van der Waals surface area contributed by atoms with Crippen molar-refractivity contribution in [2.45, 2.75) is 19.4 Å². The lowest BCUT2D eigenvalue weighted by Crippen LogP contribution is -2.16. The number of hydrogen-bond acceptors (Lipinski definition) is 5. The number of nitrogens with zero attached hydrogens (tertiary/aromatic N) is 1. The molecule has 1 aliphatic carbocycles. The molecule has 0 saturated heterocycles. The molecule has 1 aliphatic rings. The highest BCUT2D eigenvalue weighted by atomic mass is 16.5. The number of anilines is 1. The Kier molecular flexibility index (Phi) is 4.67. The van der Waals surface area contributed by atoms with E-state index in [1.54, 1.807) is 20.3 Å². The average Bonchev–Trinajstić information content (AvgIpc) is 3.38. The number of nitrogens with two attached hydrogens (primary N) is 1. The zero-order valence-corrected chi connectivity index (χ0v) is 13.6. The maximum absolute atomic E-state index is 5.79. The van der Waals surface area contributed by atoms with Crippen molar-refractivity contribution in [3.05, 3.63) is 35.9 Å². The van der Waals surface area contributed by atoms with Crippen molar-refractivity contribution in [2.24, 2.45) is 5.92 Å². The zero-order valence-electron chi connectivity index (χ0n) is 13.6. The molecular weight excluding hydrogens is 290 g/mol. The molecule has 5 heteroatoms. The first-order valence-corrected chi connectivity index (χ1v) is 7.89. The van der Waals surface area contributed by atoms with Gasteiger partial charge < -0.3 is 20.5 Å². The van der Waals surface area contributed by atoms with Crippen LogP contribution in [0, 0.1) is 5.92 Å². The summed E-state index contributed by atoms with van der Waals surface area (Å²) in [5.74, 6) is 2.93. The van der Waals surface area contributed by atoms with Crippen molar-refractivity contribution in [3.8, 4) is 22.8 Å². The van der Waals surface area contributed by atoms with Crippen molar-refractivity contribution in [1.29, 1.82) is 0 Å². The van der Waals surface area contributed by atoms with Gasteiger partial charge in [-0.15, -0.1) is 0 Å². The first-order valence-electron chi connectivity index (χ1n) is 7.89. The number of aromatic nitrogens is 1. The molecule has 0 aliphatic heterocycles. The number of methoxy groups -OCH3 is 2. The Balaban J connectivity index is 1.90. The Morgan fingerprint density at radius 3 is 2.61 bits per heavy atom. The number of rotatable bonds is 7. The van der Waals surface area contributed by atoms with Gasteiger partial charge in [-0.25, -0.2) is 4.98 Å². The standard InChI is InChI=1S/C18H23N3O2/c1-22-16-9-14(15-4-3-5-18(19)21-15)17(23-2)8-13(16)11-20-10-12-6-7-12/h3-5,8-9,12,20H,6-7,10-11H2,1-2H3,(H2,19,21). The molecule has 1 aromatic carbocycles. The minimum absolute atomic E-state index is 0.485. The highest BCUT2D eigenvalue weighted by molar-refractivity contribution is 5.71. The molecule has 3 N–H and O–H groups in total. The van der Waals surface area contributed by atoms with Crippen molar-refractivity contribution < 1.29 is 9.47 Å². The molecule has 0 spiro atoms. The number of hydrogen-bond donors (Lipinski definition) is 2. The lowest BCUT2D eigenvalue weighted by atomic mass is 10.0. The van der Waals surface area contributed by atoms with Gasteiger partial charge in [0.1, 0.15) is 17.3 Å². The summed E-state index contributed by atoms with van der Waals surface area (Å²) in [6.07, 6.45) is 2.68. The van der Waals surface area contributed by atoms with E-state index in [1.165, 1.54) is 12.8 Å². The van der Waals surface area contributed by atoms with E-state index in [9.17, 15) is 0 Å².